The highest BCUT2D eigenvalue weighted by Gasteiger charge is 2.27. The zero-order chi connectivity index (χ0) is 13.1. The van der Waals surface area contributed by atoms with E-state index in [1.54, 1.807) is 45.0 Å². The predicted octanol–water partition coefficient (Wildman–Crippen LogP) is 1.86. The Balaban J connectivity index is 2.90. The molecule has 0 aliphatic rings. The van der Waals surface area contributed by atoms with Gasteiger partial charge in [0.25, 0.3) is 0 Å². The topological polar surface area (TPSA) is 66.4 Å². The molecule has 17 heavy (non-hydrogen) atoms. The Kier molecular flexibility index (Phi) is 4.42. The van der Waals surface area contributed by atoms with Crippen molar-refractivity contribution in [3.05, 3.63) is 35.9 Å². The Morgan fingerprint density at radius 2 is 1.82 bits per heavy atom. The summed E-state index contributed by atoms with van der Waals surface area (Å²) < 4.78 is 14.0. The van der Waals surface area contributed by atoms with Crippen molar-refractivity contribution in [1.82, 2.24) is 4.72 Å². The predicted molar refractivity (Wildman–Crippen MR) is 67.8 cm³/mol. The first-order valence-electron chi connectivity index (χ1n) is 5.28. The monoisotopic (exact) mass is 255 g/mol. The molecule has 0 fully saturated rings. The molecule has 94 valence electrons. The summed E-state index contributed by atoms with van der Waals surface area (Å²) in [7, 11) is -1.42. The van der Waals surface area contributed by atoms with Crippen LogP contribution in [-0.4, -0.2) is 20.0 Å². The van der Waals surface area contributed by atoms with Gasteiger partial charge in [0, 0.05) is 0 Å². The van der Waals surface area contributed by atoms with E-state index in [1.165, 1.54) is 0 Å². The molecule has 0 spiro atoms. The second-order valence-electron chi connectivity index (χ2n) is 4.68. The molecule has 4 nitrogen and oxygen atoms in total. The zero-order valence-electron chi connectivity index (χ0n) is 10.1. The van der Waals surface area contributed by atoms with E-state index in [1.807, 2.05) is 6.07 Å². The Bertz CT molecular complexity index is 412. The van der Waals surface area contributed by atoms with Crippen molar-refractivity contribution in [2.24, 2.45) is 0 Å². The molecule has 0 radical (unpaired) electrons. The van der Waals surface area contributed by atoms with Gasteiger partial charge in [-0.2, -0.15) is 0 Å². The molecule has 0 bridgehead atoms. The minimum Gasteiger partial charge on any atom is -0.480 e. The molecule has 2 atom stereocenters. The minimum absolute atomic E-state index is 0.498. The van der Waals surface area contributed by atoms with Crippen LogP contribution < -0.4 is 4.72 Å². The third-order valence-electron chi connectivity index (χ3n) is 2.16. The summed E-state index contributed by atoms with van der Waals surface area (Å²) in [6.45, 7) is 5.38. The SMILES string of the molecule is CC(C)(C)[S@](=O)NC(C(=O)O)c1ccccc1. The molecule has 1 rings (SSSR count). The quantitative estimate of drug-likeness (QED) is 0.863. The molecule has 0 heterocycles. The maximum absolute atomic E-state index is 11.9. The molecule has 0 aromatic heterocycles. The van der Waals surface area contributed by atoms with Gasteiger partial charge in [0.05, 0.1) is 15.7 Å². The number of carboxylic acid groups (broad SMARTS) is 1. The van der Waals surface area contributed by atoms with Gasteiger partial charge in [-0.1, -0.05) is 30.3 Å². The van der Waals surface area contributed by atoms with E-state index in [4.69, 9.17) is 5.11 Å². The van der Waals surface area contributed by atoms with Crippen molar-refractivity contribution in [2.75, 3.05) is 0 Å². The molecule has 0 saturated heterocycles. The minimum atomic E-state index is -1.42. The normalized spacial score (nSPS) is 15.2. The van der Waals surface area contributed by atoms with Crippen molar-refractivity contribution in [3.8, 4) is 0 Å². The Morgan fingerprint density at radius 3 is 2.24 bits per heavy atom. The van der Waals surface area contributed by atoms with Crippen molar-refractivity contribution in [1.29, 1.82) is 0 Å². The van der Waals surface area contributed by atoms with E-state index in [9.17, 15) is 9.00 Å². The van der Waals surface area contributed by atoms with E-state index in [0.29, 0.717) is 5.56 Å². The molecular weight excluding hydrogens is 238 g/mol. The van der Waals surface area contributed by atoms with Gasteiger partial charge >= 0.3 is 5.97 Å². The largest absolute Gasteiger partial charge is 0.480 e. The summed E-state index contributed by atoms with van der Waals surface area (Å²) in [6.07, 6.45) is 0. The van der Waals surface area contributed by atoms with Crippen molar-refractivity contribution in [2.45, 2.75) is 31.6 Å². The van der Waals surface area contributed by atoms with Crippen molar-refractivity contribution in [3.63, 3.8) is 0 Å². The number of benzene rings is 1. The third kappa shape index (κ3) is 3.94. The second kappa shape index (κ2) is 5.42. The summed E-state index contributed by atoms with van der Waals surface area (Å²) in [5.41, 5.74) is 0.595. The first-order valence-corrected chi connectivity index (χ1v) is 6.43. The maximum Gasteiger partial charge on any atom is 0.326 e. The highest BCUT2D eigenvalue weighted by Crippen LogP contribution is 2.17. The third-order valence-corrected chi connectivity index (χ3v) is 3.72. The van der Waals surface area contributed by atoms with Crippen molar-refractivity contribution < 1.29 is 14.1 Å². The highest BCUT2D eigenvalue weighted by atomic mass is 32.2. The van der Waals surface area contributed by atoms with Crippen LogP contribution in [0.2, 0.25) is 0 Å². The smallest absolute Gasteiger partial charge is 0.326 e. The number of hydrogen-bond acceptors (Lipinski definition) is 2. The van der Waals surface area contributed by atoms with Gasteiger partial charge in [0.2, 0.25) is 0 Å². The van der Waals surface area contributed by atoms with Gasteiger partial charge in [-0.05, 0) is 26.3 Å². The molecule has 1 unspecified atom stereocenters. The maximum atomic E-state index is 11.9. The van der Waals surface area contributed by atoms with E-state index >= 15 is 0 Å². The molecule has 0 saturated carbocycles. The fourth-order valence-corrected chi connectivity index (χ4v) is 1.99. The number of hydrogen-bond donors (Lipinski definition) is 2. The van der Waals surface area contributed by atoms with Crippen LogP contribution >= 0.6 is 0 Å². The lowest BCUT2D eigenvalue weighted by Crippen LogP contribution is -2.38. The Morgan fingerprint density at radius 1 is 1.29 bits per heavy atom. The van der Waals surface area contributed by atoms with E-state index in [-0.39, 0.29) is 0 Å². The molecule has 0 aliphatic carbocycles. The lowest BCUT2D eigenvalue weighted by molar-refractivity contribution is -0.139. The molecule has 1 aromatic carbocycles. The van der Waals surface area contributed by atoms with E-state index in [0.717, 1.165) is 0 Å². The molecule has 1 aromatic rings. The van der Waals surface area contributed by atoms with Crippen LogP contribution in [0.15, 0.2) is 30.3 Å². The number of nitrogens with one attached hydrogen (secondary N) is 1. The van der Waals surface area contributed by atoms with Crippen LogP contribution in [0.25, 0.3) is 0 Å². The van der Waals surface area contributed by atoms with Crippen LogP contribution in [-0.2, 0) is 15.8 Å². The van der Waals surface area contributed by atoms with E-state index in [2.05, 4.69) is 4.72 Å². The van der Waals surface area contributed by atoms with Crippen LogP contribution in [0.1, 0.15) is 32.4 Å². The van der Waals surface area contributed by atoms with Gasteiger partial charge in [-0.25, -0.2) is 8.93 Å². The second-order valence-corrected chi connectivity index (χ2v) is 6.68. The van der Waals surface area contributed by atoms with Crippen molar-refractivity contribution >= 4 is 17.0 Å². The van der Waals surface area contributed by atoms with E-state index < -0.39 is 27.7 Å². The average molecular weight is 255 g/mol. The standard InChI is InChI=1S/C12H17NO3S/c1-12(2,3)17(16)13-10(11(14)15)9-7-5-4-6-8-9/h4-8,10,13H,1-3H3,(H,14,15)/t10?,17-/m0/s1. The Hall–Kier alpha value is -1.20. The molecule has 5 heteroatoms. The highest BCUT2D eigenvalue weighted by molar-refractivity contribution is 7.84. The fraction of sp³-hybridized carbons (Fsp3) is 0.417. The number of aliphatic carboxylic acids is 1. The van der Waals surface area contributed by atoms with Gasteiger partial charge in [0.1, 0.15) is 6.04 Å². The summed E-state index contributed by atoms with van der Waals surface area (Å²) >= 11 is 0. The van der Waals surface area contributed by atoms with Crippen LogP contribution in [0, 0.1) is 0 Å². The van der Waals surface area contributed by atoms with Gasteiger partial charge in [-0.3, -0.25) is 4.79 Å². The van der Waals surface area contributed by atoms with Crippen LogP contribution in [0.3, 0.4) is 0 Å². The zero-order valence-corrected chi connectivity index (χ0v) is 11.0. The average Bonchev–Trinajstić information content (AvgIpc) is 2.25. The number of rotatable bonds is 4. The summed E-state index contributed by atoms with van der Waals surface area (Å²) in [4.78, 5) is 11.2. The lowest BCUT2D eigenvalue weighted by Gasteiger charge is -2.22. The summed E-state index contributed by atoms with van der Waals surface area (Å²) in [5, 5.41) is 9.14. The number of carboxylic acids is 1. The summed E-state index contributed by atoms with van der Waals surface area (Å²) in [5.74, 6) is -1.03. The molecule has 2 N–H and O–H groups in total. The van der Waals surface area contributed by atoms with Gasteiger partial charge in [0.15, 0.2) is 0 Å². The fourth-order valence-electron chi connectivity index (χ4n) is 1.19. The Labute approximate surface area is 104 Å². The van der Waals surface area contributed by atoms with Crippen LogP contribution in [0.5, 0.6) is 0 Å². The molecule has 0 aliphatic heterocycles. The molecular formula is C12H17NO3S. The van der Waals surface area contributed by atoms with Gasteiger partial charge in [-0.15, -0.1) is 0 Å². The van der Waals surface area contributed by atoms with Gasteiger partial charge < -0.3 is 5.11 Å². The molecule has 0 amide bonds. The first kappa shape index (κ1) is 13.9. The van der Waals surface area contributed by atoms with Crippen LogP contribution in [0.4, 0.5) is 0 Å². The first-order chi connectivity index (χ1) is 7.82. The lowest BCUT2D eigenvalue weighted by atomic mass is 10.1. The number of carbonyl (C=O) groups is 1. The summed E-state index contributed by atoms with van der Waals surface area (Å²) in [6, 6.07) is 7.77.